The highest BCUT2D eigenvalue weighted by Crippen LogP contribution is 2.38. The molecule has 7 nitrogen and oxygen atoms in total. The third-order valence-corrected chi connectivity index (χ3v) is 9.06. The van der Waals surface area contributed by atoms with Gasteiger partial charge in [0, 0.05) is 42.2 Å². The number of fused-ring (bicyclic) bond motifs is 2. The Morgan fingerprint density at radius 2 is 1.36 bits per heavy atom. The van der Waals surface area contributed by atoms with E-state index < -0.39 is 0 Å². The van der Waals surface area contributed by atoms with Gasteiger partial charge < -0.3 is 23.5 Å². The van der Waals surface area contributed by atoms with Gasteiger partial charge in [-0.1, -0.05) is 74.0 Å². The summed E-state index contributed by atoms with van der Waals surface area (Å²) in [6.45, 7) is 5.79. The van der Waals surface area contributed by atoms with E-state index in [-0.39, 0.29) is 13.6 Å². The van der Waals surface area contributed by atoms with Gasteiger partial charge >= 0.3 is 0 Å². The largest absolute Gasteiger partial charge is 0.454 e. The zero-order valence-electron chi connectivity index (χ0n) is 25.7. The lowest BCUT2D eigenvalue weighted by Crippen LogP contribution is -2.24. The summed E-state index contributed by atoms with van der Waals surface area (Å²) >= 11 is 1.76. The van der Waals surface area contributed by atoms with Crippen molar-refractivity contribution in [2.75, 3.05) is 19.8 Å². The van der Waals surface area contributed by atoms with Gasteiger partial charge in [-0.15, -0.1) is 11.8 Å². The molecule has 5 aromatic rings. The average Bonchev–Trinajstić information content (AvgIpc) is 3.83. The average molecular weight is 620 g/mol. The first kappa shape index (κ1) is 29.3. The van der Waals surface area contributed by atoms with Crippen LogP contribution < -0.4 is 18.9 Å². The molecule has 2 aliphatic heterocycles. The van der Waals surface area contributed by atoms with Crippen molar-refractivity contribution < 1.29 is 18.9 Å². The van der Waals surface area contributed by atoms with Gasteiger partial charge in [-0.25, -0.2) is 4.98 Å². The van der Waals surface area contributed by atoms with Crippen LogP contribution in [0.5, 0.6) is 23.0 Å². The van der Waals surface area contributed by atoms with E-state index in [0.29, 0.717) is 19.6 Å². The molecular weight excluding hydrogens is 582 g/mol. The Morgan fingerprint density at radius 3 is 2.00 bits per heavy atom. The summed E-state index contributed by atoms with van der Waals surface area (Å²) in [5, 5.41) is 0. The third-order valence-electron chi connectivity index (χ3n) is 8.26. The van der Waals surface area contributed by atoms with Crippen LogP contribution in [0.4, 0.5) is 0 Å². The number of aromatic nitrogens is 2. The highest BCUT2D eigenvalue weighted by Gasteiger charge is 2.25. The fourth-order valence-corrected chi connectivity index (χ4v) is 6.64. The highest BCUT2D eigenvalue weighted by atomic mass is 32.2. The van der Waals surface area contributed by atoms with Crippen molar-refractivity contribution in [3.63, 3.8) is 0 Å². The van der Waals surface area contributed by atoms with Gasteiger partial charge in [-0.05, 0) is 54.1 Å². The maximum atomic E-state index is 5.74. The minimum absolute atomic E-state index is 0.261. The fraction of sp³-hybridized carbons (Fsp3) is 0.270. The molecule has 1 aromatic heterocycles. The Morgan fingerprint density at radius 1 is 0.733 bits per heavy atom. The van der Waals surface area contributed by atoms with Crippen molar-refractivity contribution in [1.29, 1.82) is 0 Å². The predicted molar refractivity (Wildman–Crippen MR) is 178 cm³/mol. The molecule has 2 aliphatic rings. The second-order valence-corrected chi connectivity index (χ2v) is 12.2. The molecule has 0 saturated heterocycles. The van der Waals surface area contributed by atoms with Gasteiger partial charge in [0.25, 0.3) is 0 Å². The van der Waals surface area contributed by atoms with Gasteiger partial charge in [0.15, 0.2) is 23.0 Å². The molecule has 0 fully saturated rings. The standard InChI is InChI=1S/C37H37N3O4S/c1-3-4-18-40-30(36(29-12-8-9-13-35(29)45-2)38-37(40)28-10-6-5-7-11-28)23-39(21-26-14-16-31-33(19-26)43-24-41-31)22-27-15-17-32-34(20-27)44-25-42-32/h5-17,19-20H,3-4,18,21-25H2,1-2H3. The van der Waals surface area contributed by atoms with E-state index in [9.17, 15) is 0 Å². The number of ether oxygens (including phenoxy) is 4. The molecule has 45 heavy (non-hydrogen) atoms. The molecule has 0 N–H and O–H groups in total. The van der Waals surface area contributed by atoms with E-state index >= 15 is 0 Å². The van der Waals surface area contributed by atoms with Crippen molar-refractivity contribution >= 4 is 11.8 Å². The van der Waals surface area contributed by atoms with Crippen LogP contribution in [0.3, 0.4) is 0 Å². The SMILES string of the molecule is CCCCn1c(-c2ccccc2)nc(-c2ccccc2SC)c1CN(Cc1ccc2c(c1)OCO2)Cc1ccc2c(c1)OCO2. The Kier molecular flexibility index (Phi) is 8.67. The van der Waals surface area contributed by atoms with Crippen LogP contribution in [0.1, 0.15) is 36.6 Å². The predicted octanol–water partition coefficient (Wildman–Crippen LogP) is 8.40. The van der Waals surface area contributed by atoms with Crippen molar-refractivity contribution in [3.05, 3.63) is 108 Å². The van der Waals surface area contributed by atoms with Crippen LogP contribution in [0.15, 0.2) is 95.9 Å². The van der Waals surface area contributed by atoms with Gasteiger partial charge in [-0.3, -0.25) is 4.90 Å². The summed E-state index contributed by atoms with van der Waals surface area (Å²) in [6.07, 6.45) is 4.30. The van der Waals surface area contributed by atoms with E-state index in [2.05, 4.69) is 102 Å². The summed E-state index contributed by atoms with van der Waals surface area (Å²) in [7, 11) is 0. The van der Waals surface area contributed by atoms with E-state index in [1.807, 2.05) is 12.1 Å². The molecule has 0 aliphatic carbocycles. The maximum absolute atomic E-state index is 5.74. The number of rotatable bonds is 12. The highest BCUT2D eigenvalue weighted by molar-refractivity contribution is 7.98. The zero-order valence-corrected chi connectivity index (χ0v) is 26.5. The minimum atomic E-state index is 0.261. The maximum Gasteiger partial charge on any atom is 0.231 e. The van der Waals surface area contributed by atoms with Crippen LogP contribution in [0.25, 0.3) is 22.6 Å². The molecule has 230 valence electrons. The molecule has 0 saturated carbocycles. The number of hydrogen-bond donors (Lipinski definition) is 0. The Labute approximate surface area is 268 Å². The Bertz CT molecular complexity index is 1730. The first-order valence-electron chi connectivity index (χ1n) is 15.5. The molecule has 0 atom stereocenters. The monoisotopic (exact) mass is 619 g/mol. The zero-order chi connectivity index (χ0) is 30.6. The minimum Gasteiger partial charge on any atom is -0.454 e. The van der Waals surface area contributed by atoms with Crippen LogP contribution >= 0.6 is 11.8 Å². The summed E-state index contributed by atoms with van der Waals surface area (Å²) in [4.78, 5) is 9.12. The van der Waals surface area contributed by atoms with Gasteiger partial charge in [0.05, 0.1) is 11.4 Å². The van der Waals surface area contributed by atoms with Crippen LogP contribution in [-0.2, 0) is 26.2 Å². The Hall–Kier alpha value is -4.40. The van der Waals surface area contributed by atoms with Crippen LogP contribution in [0.2, 0.25) is 0 Å². The lowest BCUT2D eigenvalue weighted by atomic mass is 10.1. The van der Waals surface area contributed by atoms with Crippen molar-refractivity contribution in [3.8, 4) is 45.6 Å². The normalized spacial score (nSPS) is 13.1. The summed E-state index contributed by atoms with van der Waals surface area (Å²) in [5.74, 6) is 4.19. The van der Waals surface area contributed by atoms with Crippen molar-refractivity contribution in [2.45, 2.75) is 50.8 Å². The van der Waals surface area contributed by atoms with E-state index in [1.165, 1.54) is 16.2 Å². The molecule has 0 amide bonds. The third kappa shape index (κ3) is 6.26. The van der Waals surface area contributed by atoms with Crippen LogP contribution in [-0.4, -0.2) is 34.3 Å². The first-order valence-corrected chi connectivity index (χ1v) is 16.7. The fourth-order valence-electron chi connectivity index (χ4n) is 6.04. The molecule has 0 spiro atoms. The second-order valence-electron chi connectivity index (χ2n) is 11.3. The summed E-state index contributed by atoms with van der Waals surface area (Å²) in [6, 6.07) is 31.7. The number of unbranched alkanes of at least 4 members (excludes halogenated alkanes) is 1. The molecule has 0 unspecified atom stereocenters. The van der Waals surface area contributed by atoms with Gasteiger partial charge in [0.1, 0.15) is 5.82 Å². The van der Waals surface area contributed by atoms with Crippen molar-refractivity contribution in [2.24, 2.45) is 0 Å². The van der Waals surface area contributed by atoms with E-state index in [4.69, 9.17) is 23.9 Å². The quantitative estimate of drug-likeness (QED) is 0.130. The van der Waals surface area contributed by atoms with E-state index in [1.54, 1.807) is 11.8 Å². The molecule has 0 bridgehead atoms. The smallest absolute Gasteiger partial charge is 0.231 e. The van der Waals surface area contributed by atoms with E-state index in [0.717, 1.165) is 70.6 Å². The molecular formula is C37H37N3O4S. The van der Waals surface area contributed by atoms with Crippen molar-refractivity contribution in [1.82, 2.24) is 14.5 Å². The number of imidazole rings is 1. The van der Waals surface area contributed by atoms with Gasteiger partial charge in [0.2, 0.25) is 13.6 Å². The number of thioether (sulfide) groups is 1. The first-order chi connectivity index (χ1) is 22.2. The lowest BCUT2D eigenvalue weighted by Gasteiger charge is -2.25. The molecule has 3 heterocycles. The van der Waals surface area contributed by atoms with Gasteiger partial charge in [-0.2, -0.15) is 0 Å². The molecule has 4 aromatic carbocycles. The summed E-state index contributed by atoms with van der Waals surface area (Å²) < 4.78 is 25.1. The number of hydrogen-bond acceptors (Lipinski definition) is 7. The Balaban J connectivity index is 1.34. The number of benzene rings is 4. The summed E-state index contributed by atoms with van der Waals surface area (Å²) in [5.41, 5.74) is 6.86. The lowest BCUT2D eigenvalue weighted by molar-refractivity contribution is 0.173. The topological polar surface area (TPSA) is 58.0 Å². The number of nitrogens with zero attached hydrogens (tertiary/aromatic N) is 3. The second kappa shape index (κ2) is 13.3. The molecule has 8 heteroatoms. The molecule has 0 radical (unpaired) electrons. The van der Waals surface area contributed by atoms with Crippen LogP contribution in [0, 0.1) is 0 Å². The molecule has 7 rings (SSSR count).